The Morgan fingerprint density at radius 3 is 1.64 bits per heavy atom. The first-order valence-corrected chi connectivity index (χ1v) is 8.77. The van der Waals surface area contributed by atoms with E-state index in [1.165, 1.54) is 11.1 Å². The van der Waals surface area contributed by atoms with Crippen LogP contribution in [0.2, 0.25) is 0 Å². The summed E-state index contributed by atoms with van der Waals surface area (Å²) in [6.45, 7) is 19.7. The van der Waals surface area contributed by atoms with Crippen LogP contribution in [-0.2, 0) is 0 Å². The van der Waals surface area contributed by atoms with Gasteiger partial charge in [-0.3, -0.25) is 4.90 Å². The smallest absolute Gasteiger partial charge is 0.126 e. The Kier molecular flexibility index (Phi) is 7.41. The fourth-order valence-electron chi connectivity index (χ4n) is 3.02. The van der Waals surface area contributed by atoms with Gasteiger partial charge in [0.15, 0.2) is 0 Å². The molecule has 0 amide bonds. The van der Waals surface area contributed by atoms with Gasteiger partial charge in [0.25, 0.3) is 0 Å². The molecule has 1 aromatic carbocycles. The summed E-state index contributed by atoms with van der Waals surface area (Å²) in [5, 5.41) is 0. The maximum absolute atomic E-state index is 6.28. The number of nitrogens with zero attached hydrogens (tertiary/aromatic N) is 1. The molecular weight excluding hydrogens is 270 g/mol. The van der Waals surface area contributed by atoms with Crippen LogP contribution in [-0.4, -0.2) is 30.1 Å². The van der Waals surface area contributed by atoms with E-state index in [9.17, 15) is 0 Å². The molecular formula is C20H35NO. The first-order valence-electron chi connectivity index (χ1n) is 8.77. The molecule has 0 saturated carbocycles. The summed E-state index contributed by atoms with van der Waals surface area (Å²) in [4.78, 5) is 2.48. The Hall–Kier alpha value is -1.02. The van der Waals surface area contributed by atoms with Gasteiger partial charge in [0.2, 0.25) is 0 Å². The predicted molar refractivity (Wildman–Crippen MR) is 97.1 cm³/mol. The quantitative estimate of drug-likeness (QED) is 0.635. The second-order valence-corrected chi connectivity index (χ2v) is 7.35. The molecule has 0 radical (unpaired) electrons. The van der Waals surface area contributed by atoms with Crippen LogP contribution >= 0.6 is 0 Å². The van der Waals surface area contributed by atoms with Gasteiger partial charge in [-0.05, 0) is 50.7 Å². The zero-order chi connectivity index (χ0) is 16.9. The van der Waals surface area contributed by atoms with Crippen molar-refractivity contribution in [1.29, 1.82) is 0 Å². The molecule has 0 bridgehead atoms. The third-order valence-corrected chi connectivity index (χ3v) is 4.24. The fraction of sp³-hybridized carbons (Fsp3) is 0.700. The lowest BCUT2D eigenvalue weighted by Gasteiger charge is -2.30. The molecule has 0 aliphatic heterocycles. The fourth-order valence-corrected chi connectivity index (χ4v) is 3.02. The van der Waals surface area contributed by atoms with Crippen LogP contribution in [0.1, 0.15) is 78.4 Å². The molecule has 0 aliphatic rings. The zero-order valence-corrected chi connectivity index (χ0v) is 15.8. The van der Waals surface area contributed by atoms with E-state index < -0.39 is 0 Å². The molecule has 0 N–H and O–H groups in total. The maximum atomic E-state index is 6.28. The number of hydrogen-bond acceptors (Lipinski definition) is 2. The highest BCUT2D eigenvalue weighted by atomic mass is 16.5. The highest BCUT2D eigenvalue weighted by Crippen LogP contribution is 2.34. The monoisotopic (exact) mass is 305 g/mol. The largest absolute Gasteiger partial charge is 0.492 e. The van der Waals surface area contributed by atoms with Gasteiger partial charge in [-0.15, -0.1) is 0 Å². The molecule has 0 heterocycles. The molecule has 2 nitrogen and oxygen atoms in total. The lowest BCUT2D eigenvalue weighted by molar-refractivity contribution is 0.141. The SMILES string of the molecule is CC(C)c1cccc(C(C)C)c1OCCN(C(C)C)C(C)C. The van der Waals surface area contributed by atoms with Crippen molar-refractivity contribution in [3.05, 3.63) is 29.3 Å². The Balaban J connectivity index is 2.88. The summed E-state index contributed by atoms with van der Waals surface area (Å²) >= 11 is 0. The van der Waals surface area contributed by atoms with Crippen LogP contribution in [0.15, 0.2) is 18.2 Å². The summed E-state index contributed by atoms with van der Waals surface area (Å²) < 4.78 is 6.28. The molecule has 0 unspecified atom stereocenters. The van der Waals surface area contributed by atoms with Crippen molar-refractivity contribution < 1.29 is 4.74 Å². The third kappa shape index (κ3) is 5.01. The van der Waals surface area contributed by atoms with Crippen LogP contribution in [0.25, 0.3) is 0 Å². The number of ether oxygens (including phenoxy) is 1. The van der Waals surface area contributed by atoms with Crippen LogP contribution in [0, 0.1) is 0 Å². The minimum absolute atomic E-state index is 0.486. The van der Waals surface area contributed by atoms with Crippen LogP contribution in [0.4, 0.5) is 0 Å². The van der Waals surface area contributed by atoms with Gasteiger partial charge in [0.1, 0.15) is 12.4 Å². The van der Waals surface area contributed by atoms with E-state index in [-0.39, 0.29) is 0 Å². The summed E-state index contributed by atoms with van der Waals surface area (Å²) in [6.07, 6.45) is 0. The number of rotatable bonds is 8. The predicted octanol–water partition coefficient (Wildman–Crippen LogP) is 5.43. The van der Waals surface area contributed by atoms with Crippen molar-refractivity contribution in [2.24, 2.45) is 0 Å². The van der Waals surface area contributed by atoms with E-state index in [0.29, 0.717) is 23.9 Å². The van der Waals surface area contributed by atoms with Gasteiger partial charge in [-0.2, -0.15) is 0 Å². The lowest BCUT2D eigenvalue weighted by Crippen LogP contribution is -2.39. The topological polar surface area (TPSA) is 12.5 Å². The van der Waals surface area contributed by atoms with Crippen LogP contribution in [0.5, 0.6) is 5.75 Å². The Labute approximate surface area is 137 Å². The summed E-state index contributed by atoms with van der Waals surface area (Å²) in [6, 6.07) is 7.66. The van der Waals surface area contributed by atoms with E-state index in [1.54, 1.807) is 0 Å². The van der Waals surface area contributed by atoms with Crippen molar-refractivity contribution in [3.63, 3.8) is 0 Å². The van der Waals surface area contributed by atoms with Gasteiger partial charge in [-0.1, -0.05) is 45.9 Å². The van der Waals surface area contributed by atoms with E-state index >= 15 is 0 Å². The summed E-state index contributed by atoms with van der Waals surface area (Å²) in [5.74, 6) is 2.08. The Morgan fingerprint density at radius 1 is 0.818 bits per heavy atom. The van der Waals surface area contributed by atoms with Gasteiger partial charge in [0.05, 0.1) is 0 Å². The molecule has 0 aliphatic carbocycles. The molecule has 0 spiro atoms. The first kappa shape index (κ1) is 19.0. The number of para-hydroxylation sites is 1. The highest BCUT2D eigenvalue weighted by Gasteiger charge is 2.17. The lowest BCUT2D eigenvalue weighted by atomic mass is 9.94. The van der Waals surface area contributed by atoms with Crippen molar-refractivity contribution in [2.45, 2.75) is 79.3 Å². The standard InChI is InChI=1S/C20H35NO/c1-14(2)18-10-9-11-19(15(3)4)20(18)22-13-12-21(16(5)6)17(7)8/h9-11,14-17H,12-13H2,1-8H3. The summed E-state index contributed by atoms with van der Waals surface area (Å²) in [5.41, 5.74) is 2.65. The minimum atomic E-state index is 0.486. The van der Waals surface area contributed by atoms with E-state index in [4.69, 9.17) is 4.74 Å². The summed E-state index contributed by atoms with van der Waals surface area (Å²) in [7, 11) is 0. The van der Waals surface area contributed by atoms with Crippen molar-refractivity contribution in [2.75, 3.05) is 13.2 Å². The number of hydrogen-bond donors (Lipinski definition) is 0. The van der Waals surface area contributed by atoms with Gasteiger partial charge >= 0.3 is 0 Å². The molecule has 0 atom stereocenters. The van der Waals surface area contributed by atoms with Gasteiger partial charge < -0.3 is 4.74 Å². The molecule has 126 valence electrons. The molecule has 0 aromatic heterocycles. The van der Waals surface area contributed by atoms with Crippen molar-refractivity contribution >= 4 is 0 Å². The zero-order valence-electron chi connectivity index (χ0n) is 15.8. The van der Waals surface area contributed by atoms with E-state index in [0.717, 1.165) is 18.9 Å². The second-order valence-electron chi connectivity index (χ2n) is 7.35. The molecule has 0 fully saturated rings. The second kappa shape index (κ2) is 8.57. The average molecular weight is 306 g/mol. The maximum Gasteiger partial charge on any atom is 0.126 e. The first-order chi connectivity index (χ1) is 10.3. The minimum Gasteiger partial charge on any atom is -0.492 e. The number of benzene rings is 1. The molecule has 1 aromatic rings. The van der Waals surface area contributed by atoms with Gasteiger partial charge in [-0.25, -0.2) is 0 Å². The van der Waals surface area contributed by atoms with Crippen molar-refractivity contribution in [1.82, 2.24) is 4.90 Å². The van der Waals surface area contributed by atoms with E-state index in [1.807, 2.05) is 0 Å². The molecule has 22 heavy (non-hydrogen) atoms. The van der Waals surface area contributed by atoms with Crippen LogP contribution < -0.4 is 4.74 Å². The molecule has 0 saturated heterocycles. The van der Waals surface area contributed by atoms with E-state index in [2.05, 4.69) is 78.5 Å². The third-order valence-electron chi connectivity index (χ3n) is 4.24. The highest BCUT2D eigenvalue weighted by molar-refractivity contribution is 5.44. The Morgan fingerprint density at radius 2 is 1.27 bits per heavy atom. The Bertz CT molecular complexity index is 415. The van der Waals surface area contributed by atoms with Crippen molar-refractivity contribution in [3.8, 4) is 5.75 Å². The molecule has 1 rings (SSSR count). The van der Waals surface area contributed by atoms with Crippen LogP contribution in [0.3, 0.4) is 0 Å². The van der Waals surface area contributed by atoms with Gasteiger partial charge in [0, 0.05) is 18.6 Å². The average Bonchev–Trinajstić information content (AvgIpc) is 2.41. The molecule has 2 heteroatoms. The normalized spacial score (nSPS) is 12.2.